The predicted molar refractivity (Wildman–Crippen MR) is 75.3 cm³/mol. The van der Waals surface area contributed by atoms with Gasteiger partial charge in [-0.3, -0.25) is 4.79 Å². The van der Waals surface area contributed by atoms with Crippen molar-refractivity contribution in [2.24, 2.45) is 0 Å². The van der Waals surface area contributed by atoms with Crippen molar-refractivity contribution in [3.8, 4) is 0 Å². The lowest BCUT2D eigenvalue weighted by Gasteiger charge is -2.28. The zero-order chi connectivity index (χ0) is 14.3. The standard InChI is InChI=1S/C14H12N2O3S/c1-7-11(14(18)19)13(20-16-7)15-12(17)10-6-8-4-2-3-5-9(8)10/h2-5,10H,6H2,1H3,(H,15,17)(H,18,19). The molecule has 0 spiro atoms. The number of hydrogen-bond acceptors (Lipinski definition) is 4. The maximum Gasteiger partial charge on any atom is 0.340 e. The van der Waals surface area contributed by atoms with Gasteiger partial charge in [0.05, 0.1) is 11.6 Å². The number of carboxylic acid groups (broad SMARTS) is 1. The van der Waals surface area contributed by atoms with Crippen molar-refractivity contribution in [3.63, 3.8) is 0 Å². The molecule has 2 N–H and O–H groups in total. The first kappa shape index (κ1) is 12.8. The van der Waals surface area contributed by atoms with Gasteiger partial charge in [-0.1, -0.05) is 24.3 Å². The summed E-state index contributed by atoms with van der Waals surface area (Å²) in [6, 6.07) is 7.78. The second kappa shape index (κ2) is 4.72. The van der Waals surface area contributed by atoms with Gasteiger partial charge in [0.15, 0.2) is 0 Å². The first-order chi connectivity index (χ1) is 9.58. The molecule has 1 aliphatic carbocycles. The number of nitrogens with one attached hydrogen (secondary N) is 1. The minimum Gasteiger partial charge on any atom is -0.478 e. The lowest BCUT2D eigenvalue weighted by atomic mass is 9.77. The highest BCUT2D eigenvalue weighted by atomic mass is 32.1. The van der Waals surface area contributed by atoms with Gasteiger partial charge >= 0.3 is 5.97 Å². The molecule has 0 radical (unpaired) electrons. The Kier molecular flexibility index (Phi) is 3.02. The van der Waals surface area contributed by atoms with E-state index in [0.29, 0.717) is 17.1 Å². The van der Waals surface area contributed by atoms with E-state index in [2.05, 4.69) is 9.69 Å². The smallest absolute Gasteiger partial charge is 0.340 e. The Bertz CT molecular complexity index is 708. The average molecular weight is 288 g/mol. The van der Waals surface area contributed by atoms with E-state index in [9.17, 15) is 9.59 Å². The van der Waals surface area contributed by atoms with Crippen LogP contribution in [0.1, 0.15) is 33.1 Å². The van der Waals surface area contributed by atoms with Crippen molar-refractivity contribution >= 4 is 28.4 Å². The number of aryl methyl sites for hydroxylation is 1. The zero-order valence-electron chi connectivity index (χ0n) is 10.7. The number of carbonyl (C=O) groups excluding carboxylic acids is 1. The molecule has 1 aromatic heterocycles. The van der Waals surface area contributed by atoms with Crippen molar-refractivity contribution in [1.82, 2.24) is 4.37 Å². The normalized spacial score (nSPS) is 16.1. The van der Waals surface area contributed by atoms with Crippen LogP contribution in [0.4, 0.5) is 5.00 Å². The fourth-order valence-corrected chi connectivity index (χ4v) is 3.19. The van der Waals surface area contributed by atoms with E-state index < -0.39 is 5.97 Å². The van der Waals surface area contributed by atoms with Gasteiger partial charge in [0, 0.05) is 0 Å². The van der Waals surface area contributed by atoms with Crippen molar-refractivity contribution in [3.05, 3.63) is 46.6 Å². The molecule has 1 unspecified atom stereocenters. The molecule has 1 aromatic carbocycles. The molecule has 20 heavy (non-hydrogen) atoms. The van der Waals surface area contributed by atoms with Crippen LogP contribution in [0.5, 0.6) is 0 Å². The number of hydrogen-bond donors (Lipinski definition) is 2. The summed E-state index contributed by atoms with van der Waals surface area (Å²) < 4.78 is 3.98. The molecule has 1 aliphatic rings. The first-order valence-electron chi connectivity index (χ1n) is 6.16. The summed E-state index contributed by atoms with van der Waals surface area (Å²) in [7, 11) is 0. The summed E-state index contributed by atoms with van der Waals surface area (Å²) >= 11 is 1.00. The quantitative estimate of drug-likeness (QED) is 0.909. The Hall–Kier alpha value is -2.21. The van der Waals surface area contributed by atoms with Gasteiger partial charge in [0.1, 0.15) is 10.6 Å². The molecule has 2 aromatic rings. The van der Waals surface area contributed by atoms with Crippen LogP contribution in [-0.4, -0.2) is 21.4 Å². The minimum absolute atomic E-state index is 0.0796. The topological polar surface area (TPSA) is 79.3 Å². The van der Waals surface area contributed by atoms with Gasteiger partial charge in [0.2, 0.25) is 5.91 Å². The number of fused-ring (bicyclic) bond motifs is 1. The molecule has 5 nitrogen and oxygen atoms in total. The summed E-state index contributed by atoms with van der Waals surface area (Å²) in [4.78, 5) is 23.4. The lowest BCUT2D eigenvalue weighted by molar-refractivity contribution is -0.118. The number of aromatic carboxylic acids is 1. The molecular weight excluding hydrogens is 276 g/mol. The van der Waals surface area contributed by atoms with E-state index in [4.69, 9.17) is 5.11 Å². The highest BCUT2D eigenvalue weighted by Crippen LogP contribution is 2.36. The number of benzene rings is 1. The molecule has 102 valence electrons. The predicted octanol–water partition coefficient (Wildman–Crippen LogP) is 2.43. The number of anilines is 1. The lowest BCUT2D eigenvalue weighted by Crippen LogP contribution is -2.30. The average Bonchev–Trinajstić information content (AvgIpc) is 2.72. The number of carbonyl (C=O) groups is 2. The Balaban J connectivity index is 1.80. The fraction of sp³-hybridized carbons (Fsp3) is 0.214. The molecule has 1 heterocycles. The van der Waals surface area contributed by atoms with Crippen molar-refractivity contribution < 1.29 is 14.7 Å². The summed E-state index contributed by atoms with van der Waals surface area (Å²) in [5.41, 5.74) is 2.69. The number of amides is 1. The van der Waals surface area contributed by atoms with Gasteiger partial charge in [-0.05, 0) is 36.0 Å². The Morgan fingerprint density at radius 3 is 2.85 bits per heavy atom. The van der Waals surface area contributed by atoms with Gasteiger partial charge < -0.3 is 10.4 Å². The third-order valence-electron chi connectivity index (χ3n) is 3.48. The van der Waals surface area contributed by atoms with Crippen LogP contribution in [0.15, 0.2) is 24.3 Å². The van der Waals surface area contributed by atoms with Gasteiger partial charge in [-0.25, -0.2) is 4.79 Å². The molecule has 0 bridgehead atoms. The third kappa shape index (κ3) is 1.98. The van der Waals surface area contributed by atoms with Crippen molar-refractivity contribution in [2.75, 3.05) is 5.32 Å². The zero-order valence-corrected chi connectivity index (χ0v) is 11.5. The molecule has 0 fully saturated rings. The van der Waals surface area contributed by atoms with Gasteiger partial charge in [-0.2, -0.15) is 4.37 Å². The number of carboxylic acids is 1. The Morgan fingerprint density at radius 1 is 1.40 bits per heavy atom. The fourth-order valence-electron chi connectivity index (χ4n) is 2.40. The summed E-state index contributed by atoms with van der Waals surface area (Å²) in [5.74, 6) is -1.44. The van der Waals surface area contributed by atoms with Crippen LogP contribution in [0.25, 0.3) is 0 Å². The monoisotopic (exact) mass is 288 g/mol. The van der Waals surface area contributed by atoms with E-state index in [1.165, 1.54) is 5.56 Å². The van der Waals surface area contributed by atoms with E-state index in [-0.39, 0.29) is 17.4 Å². The molecule has 0 saturated carbocycles. The molecule has 1 amide bonds. The van der Waals surface area contributed by atoms with Gasteiger partial charge in [-0.15, -0.1) is 0 Å². The van der Waals surface area contributed by atoms with Crippen LogP contribution < -0.4 is 5.32 Å². The summed E-state index contributed by atoms with van der Waals surface area (Å²) in [5, 5.41) is 12.1. The second-order valence-corrected chi connectivity index (χ2v) is 5.50. The SMILES string of the molecule is Cc1nsc(NC(=O)C2Cc3ccccc32)c1C(=O)O. The number of aromatic nitrogens is 1. The van der Waals surface area contributed by atoms with E-state index >= 15 is 0 Å². The number of rotatable bonds is 3. The largest absolute Gasteiger partial charge is 0.478 e. The maximum atomic E-state index is 12.2. The Labute approximate surface area is 119 Å². The molecule has 0 saturated heterocycles. The number of nitrogens with zero attached hydrogens (tertiary/aromatic N) is 1. The van der Waals surface area contributed by atoms with E-state index in [1.807, 2.05) is 24.3 Å². The van der Waals surface area contributed by atoms with Crippen LogP contribution >= 0.6 is 11.5 Å². The third-order valence-corrected chi connectivity index (χ3v) is 4.34. The Morgan fingerprint density at radius 2 is 2.15 bits per heavy atom. The minimum atomic E-state index is -1.07. The highest BCUT2D eigenvalue weighted by Gasteiger charge is 2.32. The molecule has 3 rings (SSSR count). The van der Waals surface area contributed by atoms with Gasteiger partial charge in [0.25, 0.3) is 0 Å². The molecule has 1 atom stereocenters. The van der Waals surface area contributed by atoms with E-state index in [1.54, 1.807) is 6.92 Å². The molecule has 6 heteroatoms. The molecular formula is C14H12N2O3S. The summed E-state index contributed by atoms with van der Waals surface area (Å²) in [6.45, 7) is 1.62. The van der Waals surface area contributed by atoms with E-state index in [0.717, 1.165) is 17.1 Å². The molecule has 0 aliphatic heterocycles. The van der Waals surface area contributed by atoms with Crippen LogP contribution in [0.3, 0.4) is 0 Å². The summed E-state index contributed by atoms with van der Waals surface area (Å²) in [6.07, 6.45) is 0.697. The van der Waals surface area contributed by atoms with Crippen molar-refractivity contribution in [2.45, 2.75) is 19.3 Å². The van der Waals surface area contributed by atoms with Crippen LogP contribution in [-0.2, 0) is 11.2 Å². The maximum absolute atomic E-state index is 12.2. The second-order valence-electron chi connectivity index (χ2n) is 4.72. The first-order valence-corrected chi connectivity index (χ1v) is 6.93. The highest BCUT2D eigenvalue weighted by molar-refractivity contribution is 7.11. The van der Waals surface area contributed by atoms with Crippen LogP contribution in [0.2, 0.25) is 0 Å². The van der Waals surface area contributed by atoms with Crippen LogP contribution in [0, 0.1) is 6.92 Å². The van der Waals surface area contributed by atoms with Crippen molar-refractivity contribution in [1.29, 1.82) is 0 Å².